The second-order valence-corrected chi connectivity index (χ2v) is 3.78. The maximum Gasteiger partial charge on any atom is 0.355 e. The molecule has 1 rings (SSSR count). The zero-order valence-corrected chi connectivity index (χ0v) is 10.5. The van der Waals surface area contributed by atoms with Crippen molar-refractivity contribution >= 4 is 17.4 Å². The number of hydrogen-bond acceptors (Lipinski definition) is 6. The number of nitro benzene ring substituents is 1. The first-order chi connectivity index (χ1) is 8.95. The Kier molecular flexibility index (Phi) is 4.99. The van der Waals surface area contributed by atoms with E-state index in [9.17, 15) is 19.7 Å². The summed E-state index contributed by atoms with van der Waals surface area (Å²) in [4.78, 5) is 41.5. The standard InChI is InChI=1S/C12H13NO6/c1-3-4-12(15)19-18-9-5-6-10(8(2)14)11(7-9)13(16)17/h5-7H,3-4H2,1-2H3. The van der Waals surface area contributed by atoms with E-state index in [4.69, 9.17) is 0 Å². The lowest BCUT2D eigenvalue weighted by molar-refractivity contribution is -0.385. The summed E-state index contributed by atoms with van der Waals surface area (Å²) in [6.45, 7) is 3.03. The summed E-state index contributed by atoms with van der Waals surface area (Å²) in [5, 5.41) is 10.8. The van der Waals surface area contributed by atoms with Gasteiger partial charge in [-0.1, -0.05) is 6.92 Å². The van der Waals surface area contributed by atoms with Crippen molar-refractivity contribution in [1.82, 2.24) is 0 Å². The molecule has 0 amide bonds. The molecule has 0 atom stereocenters. The molecule has 0 bridgehead atoms. The fourth-order valence-corrected chi connectivity index (χ4v) is 1.35. The Labute approximate surface area is 109 Å². The fourth-order valence-electron chi connectivity index (χ4n) is 1.35. The lowest BCUT2D eigenvalue weighted by Crippen LogP contribution is -2.08. The number of nitro groups is 1. The van der Waals surface area contributed by atoms with Crippen LogP contribution in [-0.4, -0.2) is 16.7 Å². The first-order valence-electron chi connectivity index (χ1n) is 5.62. The van der Waals surface area contributed by atoms with Crippen molar-refractivity contribution in [3.05, 3.63) is 33.9 Å². The summed E-state index contributed by atoms with van der Waals surface area (Å²) in [5.41, 5.74) is -0.422. The number of ketones is 1. The van der Waals surface area contributed by atoms with Crippen LogP contribution in [-0.2, 0) is 9.68 Å². The molecule has 0 saturated carbocycles. The Hall–Kier alpha value is -2.44. The van der Waals surface area contributed by atoms with E-state index in [1.807, 2.05) is 0 Å². The second kappa shape index (κ2) is 6.48. The highest BCUT2D eigenvalue weighted by Gasteiger charge is 2.19. The number of carbonyl (C=O) groups excluding carboxylic acids is 2. The SMILES string of the molecule is CCCC(=O)OOc1ccc(C(C)=O)c([N+](=O)[O-])c1. The summed E-state index contributed by atoms with van der Waals surface area (Å²) in [5.74, 6) is -1.01. The third-order valence-corrected chi connectivity index (χ3v) is 2.23. The summed E-state index contributed by atoms with van der Waals surface area (Å²) in [7, 11) is 0. The molecule has 0 radical (unpaired) electrons. The van der Waals surface area contributed by atoms with Gasteiger partial charge in [0.05, 0.1) is 16.6 Å². The highest BCUT2D eigenvalue weighted by Crippen LogP contribution is 2.25. The maximum atomic E-state index is 11.2. The van der Waals surface area contributed by atoms with E-state index >= 15 is 0 Å². The van der Waals surface area contributed by atoms with Gasteiger partial charge in [0.2, 0.25) is 0 Å². The molecule has 102 valence electrons. The summed E-state index contributed by atoms with van der Waals surface area (Å²) in [6.07, 6.45) is 0.791. The van der Waals surface area contributed by atoms with Crippen LogP contribution in [0.1, 0.15) is 37.0 Å². The molecule has 7 nitrogen and oxygen atoms in total. The van der Waals surface area contributed by atoms with E-state index in [0.29, 0.717) is 6.42 Å². The number of carbonyl (C=O) groups is 2. The molecule has 0 aliphatic heterocycles. The minimum Gasteiger partial charge on any atom is -0.294 e. The van der Waals surface area contributed by atoms with Gasteiger partial charge in [-0.25, -0.2) is 4.79 Å². The molecule has 0 heterocycles. The summed E-state index contributed by atoms with van der Waals surface area (Å²) >= 11 is 0. The van der Waals surface area contributed by atoms with E-state index < -0.39 is 22.4 Å². The molecule has 0 fully saturated rings. The Morgan fingerprint density at radius 2 is 2.05 bits per heavy atom. The van der Waals surface area contributed by atoms with Crippen molar-refractivity contribution < 1.29 is 24.3 Å². The average Bonchev–Trinajstić information content (AvgIpc) is 2.36. The van der Waals surface area contributed by atoms with Gasteiger partial charge >= 0.3 is 5.97 Å². The van der Waals surface area contributed by atoms with E-state index in [2.05, 4.69) is 9.78 Å². The molecule has 0 N–H and O–H groups in total. The van der Waals surface area contributed by atoms with Crippen LogP contribution in [0.25, 0.3) is 0 Å². The van der Waals surface area contributed by atoms with Gasteiger partial charge in [0, 0.05) is 6.42 Å². The van der Waals surface area contributed by atoms with E-state index in [1.165, 1.54) is 19.1 Å². The Bertz CT molecular complexity index is 511. The lowest BCUT2D eigenvalue weighted by Gasteiger charge is -2.05. The third kappa shape index (κ3) is 4.06. The first kappa shape index (κ1) is 14.6. The molecule has 0 aromatic heterocycles. The van der Waals surface area contributed by atoms with Crippen molar-refractivity contribution in [2.75, 3.05) is 0 Å². The molecule has 0 unspecified atom stereocenters. The topological polar surface area (TPSA) is 95.7 Å². The summed E-state index contributed by atoms with van der Waals surface area (Å²) in [6, 6.07) is 3.61. The molecular weight excluding hydrogens is 254 g/mol. The number of hydrogen-bond donors (Lipinski definition) is 0. The zero-order valence-electron chi connectivity index (χ0n) is 10.5. The van der Waals surface area contributed by atoms with Gasteiger partial charge < -0.3 is 0 Å². The van der Waals surface area contributed by atoms with Crippen molar-refractivity contribution in [2.24, 2.45) is 0 Å². The fraction of sp³-hybridized carbons (Fsp3) is 0.333. The van der Waals surface area contributed by atoms with Crippen LogP contribution in [0.3, 0.4) is 0 Å². The third-order valence-electron chi connectivity index (χ3n) is 2.23. The molecular formula is C12H13NO6. The van der Waals surface area contributed by atoms with E-state index in [1.54, 1.807) is 6.92 Å². The van der Waals surface area contributed by atoms with Crippen LogP contribution >= 0.6 is 0 Å². The number of Topliss-reactive ketones (excluding diaryl/α,β-unsaturated/α-hetero) is 1. The number of benzene rings is 1. The van der Waals surface area contributed by atoms with E-state index in [-0.39, 0.29) is 17.7 Å². The smallest absolute Gasteiger partial charge is 0.294 e. The van der Waals surface area contributed by atoms with Crippen LogP contribution in [0.15, 0.2) is 18.2 Å². The monoisotopic (exact) mass is 267 g/mol. The van der Waals surface area contributed by atoms with Crippen LogP contribution in [0.2, 0.25) is 0 Å². The van der Waals surface area contributed by atoms with Crippen LogP contribution in [0.4, 0.5) is 5.69 Å². The predicted molar refractivity (Wildman–Crippen MR) is 64.7 cm³/mol. The van der Waals surface area contributed by atoms with E-state index in [0.717, 1.165) is 6.07 Å². The highest BCUT2D eigenvalue weighted by atomic mass is 17.2. The van der Waals surface area contributed by atoms with Crippen molar-refractivity contribution in [2.45, 2.75) is 26.7 Å². The van der Waals surface area contributed by atoms with Gasteiger partial charge in [0.1, 0.15) is 0 Å². The van der Waals surface area contributed by atoms with Crippen molar-refractivity contribution in [1.29, 1.82) is 0 Å². The van der Waals surface area contributed by atoms with Crippen molar-refractivity contribution in [3.8, 4) is 5.75 Å². The van der Waals surface area contributed by atoms with Crippen LogP contribution < -0.4 is 4.89 Å². The first-order valence-corrected chi connectivity index (χ1v) is 5.62. The Morgan fingerprint density at radius 1 is 1.37 bits per heavy atom. The zero-order chi connectivity index (χ0) is 14.4. The van der Waals surface area contributed by atoms with Crippen LogP contribution in [0, 0.1) is 10.1 Å². The molecule has 0 spiro atoms. The minimum atomic E-state index is -0.697. The highest BCUT2D eigenvalue weighted by molar-refractivity contribution is 5.98. The Balaban J connectivity index is 2.87. The molecule has 1 aromatic carbocycles. The molecule has 1 aromatic rings. The largest absolute Gasteiger partial charge is 0.355 e. The quantitative estimate of drug-likeness (QED) is 0.340. The Morgan fingerprint density at radius 3 is 2.58 bits per heavy atom. The van der Waals surface area contributed by atoms with Crippen LogP contribution in [0.5, 0.6) is 5.75 Å². The van der Waals surface area contributed by atoms with Gasteiger partial charge in [0.25, 0.3) is 5.69 Å². The predicted octanol–water partition coefficient (Wildman–Crippen LogP) is 2.43. The average molecular weight is 267 g/mol. The molecule has 7 heteroatoms. The molecule has 0 aliphatic carbocycles. The number of nitrogens with zero attached hydrogens (tertiary/aromatic N) is 1. The minimum absolute atomic E-state index is 0.0128. The summed E-state index contributed by atoms with van der Waals surface area (Å²) < 4.78 is 0. The van der Waals surface area contributed by atoms with Gasteiger partial charge in [-0.2, -0.15) is 0 Å². The molecule has 0 aliphatic rings. The molecule has 0 saturated heterocycles. The van der Waals surface area contributed by atoms with Gasteiger partial charge in [-0.05, 0) is 25.5 Å². The lowest BCUT2D eigenvalue weighted by atomic mass is 10.1. The second-order valence-electron chi connectivity index (χ2n) is 3.78. The normalized spacial score (nSPS) is 9.79. The van der Waals surface area contributed by atoms with Gasteiger partial charge in [0.15, 0.2) is 11.5 Å². The van der Waals surface area contributed by atoms with Gasteiger partial charge in [-0.15, -0.1) is 0 Å². The van der Waals surface area contributed by atoms with Crippen molar-refractivity contribution in [3.63, 3.8) is 0 Å². The number of rotatable bonds is 6. The van der Waals surface area contributed by atoms with Gasteiger partial charge in [-0.3, -0.25) is 24.7 Å². The molecule has 19 heavy (non-hydrogen) atoms. The maximum absolute atomic E-state index is 11.2.